The molecular formula is C16H21NO3. The fourth-order valence-corrected chi connectivity index (χ4v) is 2.41. The molecule has 0 radical (unpaired) electrons. The first kappa shape index (κ1) is 14.6. The summed E-state index contributed by atoms with van der Waals surface area (Å²) in [5.74, 6) is 0.286. The zero-order chi connectivity index (χ0) is 14.2. The molecule has 0 fully saturated rings. The molecule has 0 aromatic heterocycles. The van der Waals surface area contributed by atoms with Crippen LogP contribution in [-0.2, 0) is 11.3 Å². The van der Waals surface area contributed by atoms with E-state index in [2.05, 4.69) is 17.5 Å². The molecule has 0 spiro atoms. The van der Waals surface area contributed by atoms with Gasteiger partial charge in [0.25, 0.3) is 0 Å². The Kier molecular flexibility index (Phi) is 5.62. The summed E-state index contributed by atoms with van der Waals surface area (Å²) < 4.78 is 5.17. The van der Waals surface area contributed by atoms with Gasteiger partial charge < -0.3 is 15.2 Å². The van der Waals surface area contributed by atoms with Gasteiger partial charge in [-0.3, -0.25) is 0 Å². The van der Waals surface area contributed by atoms with E-state index in [1.165, 1.54) is 0 Å². The normalized spacial score (nSPS) is 19.4. The molecule has 1 aliphatic rings. The standard InChI is InChI=1S/C16H21NO3/c18-11-15(14-9-5-2-6-10-14)17-16(19)20-12-13-7-3-1-4-8-13/h1-5,7-8,14-15,18H,6,9-12H2,(H,17,19). The van der Waals surface area contributed by atoms with E-state index >= 15 is 0 Å². The third kappa shape index (κ3) is 4.38. The third-order valence-corrected chi connectivity index (χ3v) is 3.59. The lowest BCUT2D eigenvalue weighted by Crippen LogP contribution is -2.43. The fourth-order valence-electron chi connectivity index (χ4n) is 2.41. The third-order valence-electron chi connectivity index (χ3n) is 3.59. The summed E-state index contributed by atoms with van der Waals surface area (Å²) in [6.07, 6.45) is 6.65. The summed E-state index contributed by atoms with van der Waals surface area (Å²) in [5, 5.41) is 12.2. The lowest BCUT2D eigenvalue weighted by molar-refractivity contribution is 0.119. The van der Waals surface area contributed by atoms with Gasteiger partial charge >= 0.3 is 6.09 Å². The maximum atomic E-state index is 11.8. The highest BCUT2D eigenvalue weighted by molar-refractivity contribution is 5.67. The number of hydrogen-bond donors (Lipinski definition) is 2. The Labute approximate surface area is 119 Å². The Balaban J connectivity index is 1.78. The first-order valence-corrected chi connectivity index (χ1v) is 7.02. The van der Waals surface area contributed by atoms with Crippen molar-refractivity contribution in [2.45, 2.75) is 31.9 Å². The molecule has 1 aromatic rings. The van der Waals surface area contributed by atoms with Gasteiger partial charge in [0.1, 0.15) is 6.61 Å². The molecule has 1 aliphatic carbocycles. The zero-order valence-corrected chi connectivity index (χ0v) is 11.5. The van der Waals surface area contributed by atoms with Crippen molar-refractivity contribution in [2.24, 2.45) is 5.92 Å². The maximum Gasteiger partial charge on any atom is 0.407 e. The highest BCUT2D eigenvalue weighted by Gasteiger charge is 2.23. The number of amides is 1. The molecule has 20 heavy (non-hydrogen) atoms. The van der Waals surface area contributed by atoms with Crippen molar-refractivity contribution in [1.29, 1.82) is 0 Å². The number of aliphatic hydroxyl groups excluding tert-OH is 1. The molecule has 4 nitrogen and oxygen atoms in total. The zero-order valence-electron chi connectivity index (χ0n) is 11.5. The quantitative estimate of drug-likeness (QED) is 0.812. The lowest BCUT2D eigenvalue weighted by Gasteiger charge is -2.27. The van der Waals surface area contributed by atoms with Gasteiger partial charge in [-0.1, -0.05) is 42.5 Å². The van der Waals surface area contributed by atoms with Gasteiger partial charge in [-0.15, -0.1) is 0 Å². The summed E-state index contributed by atoms with van der Waals surface area (Å²) in [6.45, 7) is 0.189. The number of carbonyl (C=O) groups excluding carboxylic acids is 1. The topological polar surface area (TPSA) is 58.6 Å². The largest absolute Gasteiger partial charge is 0.445 e. The summed E-state index contributed by atoms with van der Waals surface area (Å²) in [5.41, 5.74) is 0.948. The Morgan fingerprint density at radius 2 is 2.15 bits per heavy atom. The van der Waals surface area contributed by atoms with Crippen molar-refractivity contribution in [3.63, 3.8) is 0 Å². The van der Waals surface area contributed by atoms with Crippen LogP contribution in [0.3, 0.4) is 0 Å². The molecule has 4 heteroatoms. The van der Waals surface area contributed by atoms with E-state index < -0.39 is 6.09 Å². The highest BCUT2D eigenvalue weighted by atomic mass is 16.5. The Morgan fingerprint density at radius 3 is 2.80 bits per heavy atom. The van der Waals surface area contributed by atoms with E-state index in [0.29, 0.717) is 0 Å². The highest BCUT2D eigenvalue weighted by Crippen LogP contribution is 2.21. The molecule has 1 aromatic carbocycles. The molecule has 2 N–H and O–H groups in total. The second-order valence-corrected chi connectivity index (χ2v) is 5.04. The number of rotatable bonds is 5. The lowest BCUT2D eigenvalue weighted by atomic mass is 9.88. The van der Waals surface area contributed by atoms with Crippen LogP contribution in [0.4, 0.5) is 4.79 Å². The average Bonchev–Trinajstić information content (AvgIpc) is 2.52. The minimum Gasteiger partial charge on any atom is -0.445 e. The van der Waals surface area contributed by atoms with Crippen molar-refractivity contribution in [3.05, 3.63) is 48.0 Å². The number of ether oxygens (including phenoxy) is 1. The molecular weight excluding hydrogens is 254 g/mol. The first-order valence-electron chi connectivity index (χ1n) is 7.02. The molecule has 0 saturated carbocycles. The number of allylic oxidation sites excluding steroid dienone is 2. The van der Waals surface area contributed by atoms with Crippen LogP contribution in [-0.4, -0.2) is 23.8 Å². The monoisotopic (exact) mass is 275 g/mol. The number of benzene rings is 1. The summed E-state index contributed by atoms with van der Waals surface area (Å²) in [4.78, 5) is 11.8. The molecule has 1 amide bonds. The van der Waals surface area contributed by atoms with Crippen molar-refractivity contribution in [3.8, 4) is 0 Å². The number of nitrogens with one attached hydrogen (secondary N) is 1. The average molecular weight is 275 g/mol. The number of alkyl carbamates (subject to hydrolysis) is 1. The minimum atomic E-state index is -0.470. The molecule has 0 bridgehead atoms. The van der Waals surface area contributed by atoms with Gasteiger partial charge in [0.2, 0.25) is 0 Å². The summed E-state index contributed by atoms with van der Waals surface area (Å²) >= 11 is 0. The van der Waals surface area contributed by atoms with Crippen LogP contribution in [0.5, 0.6) is 0 Å². The Hall–Kier alpha value is -1.81. The Bertz CT molecular complexity index is 444. The maximum absolute atomic E-state index is 11.8. The van der Waals surface area contributed by atoms with E-state index in [4.69, 9.17) is 4.74 Å². The van der Waals surface area contributed by atoms with Crippen molar-refractivity contribution in [2.75, 3.05) is 6.61 Å². The molecule has 108 valence electrons. The molecule has 2 rings (SSSR count). The van der Waals surface area contributed by atoms with Crippen molar-refractivity contribution in [1.82, 2.24) is 5.32 Å². The van der Waals surface area contributed by atoms with Crippen LogP contribution in [0.2, 0.25) is 0 Å². The van der Waals surface area contributed by atoms with Crippen molar-refractivity contribution < 1.29 is 14.6 Å². The van der Waals surface area contributed by atoms with Gasteiger partial charge in [0, 0.05) is 0 Å². The van der Waals surface area contributed by atoms with E-state index in [0.717, 1.165) is 24.8 Å². The Morgan fingerprint density at radius 1 is 1.35 bits per heavy atom. The van der Waals surface area contributed by atoms with Crippen LogP contribution in [0.1, 0.15) is 24.8 Å². The summed E-state index contributed by atoms with van der Waals surface area (Å²) in [6, 6.07) is 9.30. The second kappa shape index (κ2) is 7.70. The van der Waals surface area contributed by atoms with E-state index in [9.17, 15) is 9.90 Å². The van der Waals surface area contributed by atoms with Gasteiger partial charge in [0.15, 0.2) is 0 Å². The second-order valence-electron chi connectivity index (χ2n) is 5.04. The van der Waals surface area contributed by atoms with Gasteiger partial charge in [-0.25, -0.2) is 4.79 Å². The van der Waals surface area contributed by atoms with Crippen molar-refractivity contribution >= 4 is 6.09 Å². The number of carbonyl (C=O) groups is 1. The van der Waals surface area contributed by atoms with Gasteiger partial charge in [-0.2, -0.15) is 0 Å². The first-order chi connectivity index (χ1) is 9.79. The SMILES string of the molecule is O=C(NC(CO)C1CC=CCC1)OCc1ccccc1. The van der Waals surface area contributed by atoms with E-state index in [-0.39, 0.29) is 25.2 Å². The minimum absolute atomic E-state index is 0.0566. The van der Waals surface area contributed by atoms with Crippen LogP contribution in [0.25, 0.3) is 0 Å². The van der Waals surface area contributed by atoms with Gasteiger partial charge in [-0.05, 0) is 30.7 Å². The predicted octanol–water partition coefficient (Wildman–Crippen LogP) is 2.63. The molecule has 0 heterocycles. The summed E-state index contributed by atoms with van der Waals surface area (Å²) in [7, 11) is 0. The van der Waals surface area contributed by atoms with Crippen LogP contribution < -0.4 is 5.32 Å². The molecule has 0 aliphatic heterocycles. The molecule has 2 unspecified atom stereocenters. The predicted molar refractivity (Wildman–Crippen MR) is 77.1 cm³/mol. The number of hydrogen-bond acceptors (Lipinski definition) is 3. The van der Waals surface area contributed by atoms with Gasteiger partial charge in [0.05, 0.1) is 12.6 Å². The van der Waals surface area contributed by atoms with Crippen LogP contribution in [0.15, 0.2) is 42.5 Å². The molecule has 0 saturated heterocycles. The van der Waals surface area contributed by atoms with Crippen LogP contribution >= 0.6 is 0 Å². The smallest absolute Gasteiger partial charge is 0.407 e. The number of aliphatic hydroxyl groups is 1. The van der Waals surface area contributed by atoms with Crippen LogP contribution in [0, 0.1) is 5.92 Å². The van der Waals surface area contributed by atoms with E-state index in [1.54, 1.807) is 0 Å². The van der Waals surface area contributed by atoms with E-state index in [1.807, 2.05) is 30.3 Å². The fraction of sp³-hybridized carbons (Fsp3) is 0.438. The molecule has 2 atom stereocenters.